The van der Waals surface area contributed by atoms with Crippen molar-refractivity contribution < 1.29 is 23.9 Å². The highest BCUT2D eigenvalue weighted by molar-refractivity contribution is 5.90. The minimum Gasteiger partial charge on any atom is -0.467 e. The van der Waals surface area contributed by atoms with Crippen molar-refractivity contribution in [3.05, 3.63) is 0 Å². The van der Waals surface area contributed by atoms with E-state index in [0.29, 0.717) is 6.42 Å². The molecular formula is C12H19NO5. The zero-order valence-electron chi connectivity index (χ0n) is 11.1. The van der Waals surface area contributed by atoms with Crippen LogP contribution >= 0.6 is 0 Å². The summed E-state index contributed by atoms with van der Waals surface area (Å²) >= 11 is 0. The van der Waals surface area contributed by atoms with Crippen molar-refractivity contribution in [3.8, 4) is 0 Å². The zero-order valence-corrected chi connectivity index (χ0v) is 11.1. The first kappa shape index (κ1) is 14.5. The molecule has 0 aliphatic heterocycles. The summed E-state index contributed by atoms with van der Waals surface area (Å²) in [5, 5.41) is 2.51. The van der Waals surface area contributed by atoms with Crippen LogP contribution in [0.25, 0.3) is 0 Å². The van der Waals surface area contributed by atoms with Gasteiger partial charge in [-0.25, -0.2) is 9.59 Å². The molecule has 1 saturated carbocycles. The molecule has 18 heavy (non-hydrogen) atoms. The van der Waals surface area contributed by atoms with Crippen molar-refractivity contribution in [1.29, 1.82) is 0 Å². The number of methoxy groups -OCH3 is 1. The molecule has 0 heterocycles. The smallest absolute Gasteiger partial charge is 0.408 e. The van der Waals surface area contributed by atoms with E-state index < -0.39 is 23.2 Å². The van der Waals surface area contributed by atoms with Crippen molar-refractivity contribution in [1.82, 2.24) is 5.32 Å². The Hall–Kier alpha value is -1.59. The van der Waals surface area contributed by atoms with Crippen molar-refractivity contribution >= 4 is 18.3 Å². The molecular weight excluding hydrogens is 238 g/mol. The first-order chi connectivity index (χ1) is 8.25. The average Bonchev–Trinajstić information content (AvgIpc) is 2.89. The van der Waals surface area contributed by atoms with Gasteiger partial charge in [0.2, 0.25) is 0 Å². The number of hydrogen-bond donors (Lipinski definition) is 1. The lowest BCUT2D eigenvalue weighted by atomic mass is 10.1. The highest BCUT2D eigenvalue weighted by atomic mass is 16.6. The van der Waals surface area contributed by atoms with Crippen LogP contribution in [0.5, 0.6) is 0 Å². The number of carbonyl (C=O) groups excluding carboxylic acids is 3. The number of amides is 1. The molecule has 0 saturated heterocycles. The van der Waals surface area contributed by atoms with E-state index in [1.807, 2.05) is 0 Å². The number of ether oxygens (including phenoxy) is 2. The normalized spacial score (nSPS) is 26.1. The second kappa shape index (κ2) is 4.96. The average molecular weight is 257 g/mol. The van der Waals surface area contributed by atoms with Crippen LogP contribution in [0.1, 0.15) is 33.6 Å². The van der Waals surface area contributed by atoms with Crippen LogP contribution < -0.4 is 5.32 Å². The highest BCUT2D eigenvalue weighted by Gasteiger charge is 2.62. The summed E-state index contributed by atoms with van der Waals surface area (Å²) in [4.78, 5) is 33.8. The standard InChI is InChI=1S/C12H19NO5/c1-11(2,3)18-10(16)13-12(9(15)17-4)7-8(12)5-6-14/h6,8H,5,7H2,1-4H3,(H,13,16)/t8?,12-/m1/s1. The number of carbonyl (C=O) groups is 3. The van der Waals surface area contributed by atoms with Crippen LogP contribution in [0.2, 0.25) is 0 Å². The lowest BCUT2D eigenvalue weighted by Crippen LogP contribution is -2.47. The quantitative estimate of drug-likeness (QED) is 0.601. The predicted octanol–water partition coefficient (Wildman–Crippen LogP) is 1.03. The number of rotatable bonds is 4. The number of alkyl carbamates (subject to hydrolysis) is 1. The Kier molecular flexibility index (Phi) is 3.98. The molecule has 1 amide bonds. The molecule has 6 heteroatoms. The highest BCUT2D eigenvalue weighted by Crippen LogP contribution is 2.46. The van der Waals surface area contributed by atoms with Gasteiger partial charge in [0.1, 0.15) is 17.4 Å². The number of hydrogen-bond acceptors (Lipinski definition) is 5. The third kappa shape index (κ3) is 3.21. The van der Waals surface area contributed by atoms with Crippen molar-refractivity contribution in [2.24, 2.45) is 5.92 Å². The minimum absolute atomic E-state index is 0.213. The summed E-state index contributed by atoms with van der Waals surface area (Å²) in [6.07, 6.45) is 0.663. The van der Waals surface area contributed by atoms with Crippen LogP contribution in [0.3, 0.4) is 0 Å². The number of nitrogens with one attached hydrogen (secondary N) is 1. The van der Waals surface area contributed by atoms with Crippen LogP contribution in [-0.2, 0) is 19.1 Å². The van der Waals surface area contributed by atoms with E-state index in [1.54, 1.807) is 20.8 Å². The molecule has 1 aliphatic rings. The van der Waals surface area contributed by atoms with Gasteiger partial charge in [-0.2, -0.15) is 0 Å². The van der Waals surface area contributed by atoms with Gasteiger partial charge in [-0.3, -0.25) is 0 Å². The molecule has 1 N–H and O–H groups in total. The van der Waals surface area contributed by atoms with Gasteiger partial charge in [-0.15, -0.1) is 0 Å². The van der Waals surface area contributed by atoms with Gasteiger partial charge < -0.3 is 19.6 Å². The van der Waals surface area contributed by atoms with Crippen molar-refractivity contribution in [2.75, 3.05) is 7.11 Å². The first-order valence-electron chi connectivity index (χ1n) is 5.78. The van der Waals surface area contributed by atoms with Gasteiger partial charge in [0.25, 0.3) is 0 Å². The van der Waals surface area contributed by atoms with Crippen LogP contribution in [0.4, 0.5) is 4.79 Å². The van der Waals surface area contributed by atoms with E-state index >= 15 is 0 Å². The predicted molar refractivity (Wildman–Crippen MR) is 62.9 cm³/mol. The fourth-order valence-electron chi connectivity index (χ4n) is 1.85. The monoisotopic (exact) mass is 257 g/mol. The Morgan fingerprint density at radius 2 is 2.06 bits per heavy atom. The fourth-order valence-corrected chi connectivity index (χ4v) is 1.85. The Morgan fingerprint density at radius 3 is 2.50 bits per heavy atom. The zero-order chi connectivity index (χ0) is 14.0. The van der Waals surface area contributed by atoms with Crippen LogP contribution in [0, 0.1) is 5.92 Å². The van der Waals surface area contributed by atoms with Gasteiger partial charge in [0.05, 0.1) is 7.11 Å². The van der Waals surface area contributed by atoms with Gasteiger partial charge in [-0.1, -0.05) is 0 Å². The molecule has 1 fully saturated rings. The van der Waals surface area contributed by atoms with Crippen LogP contribution in [0.15, 0.2) is 0 Å². The summed E-state index contributed by atoms with van der Waals surface area (Å²) in [5.74, 6) is -0.754. The molecule has 0 aromatic heterocycles. The Morgan fingerprint density at radius 1 is 1.44 bits per heavy atom. The summed E-state index contributed by atoms with van der Waals surface area (Å²) in [7, 11) is 1.25. The lowest BCUT2D eigenvalue weighted by molar-refractivity contribution is -0.144. The first-order valence-corrected chi connectivity index (χ1v) is 5.78. The topological polar surface area (TPSA) is 81.7 Å². The third-order valence-corrected chi connectivity index (χ3v) is 2.76. The minimum atomic E-state index is -1.10. The summed E-state index contributed by atoms with van der Waals surface area (Å²) < 4.78 is 9.75. The molecule has 0 radical (unpaired) electrons. The van der Waals surface area contributed by atoms with Crippen molar-refractivity contribution in [3.63, 3.8) is 0 Å². The second-order valence-corrected chi connectivity index (χ2v) is 5.39. The van der Waals surface area contributed by atoms with E-state index in [2.05, 4.69) is 10.1 Å². The molecule has 6 nitrogen and oxygen atoms in total. The summed E-state index contributed by atoms with van der Waals surface area (Å²) in [5.41, 5.74) is -1.74. The largest absolute Gasteiger partial charge is 0.467 e. The molecule has 1 rings (SSSR count). The number of esters is 1. The van der Waals surface area contributed by atoms with Crippen LogP contribution in [-0.4, -0.2) is 36.6 Å². The Balaban J connectivity index is 2.68. The molecule has 0 aromatic carbocycles. The van der Waals surface area contributed by atoms with Gasteiger partial charge in [0.15, 0.2) is 0 Å². The Labute approximate surface area is 106 Å². The maximum Gasteiger partial charge on any atom is 0.408 e. The van der Waals surface area contributed by atoms with E-state index in [4.69, 9.17) is 4.74 Å². The molecule has 102 valence electrons. The SMILES string of the molecule is COC(=O)[C@@]1(NC(=O)OC(C)(C)C)CC1CC=O. The van der Waals surface area contributed by atoms with E-state index in [0.717, 1.165) is 6.29 Å². The molecule has 0 aromatic rings. The maximum absolute atomic E-state index is 11.7. The van der Waals surface area contributed by atoms with Gasteiger partial charge in [0, 0.05) is 12.3 Å². The molecule has 1 unspecified atom stereocenters. The molecule has 1 aliphatic carbocycles. The summed E-state index contributed by atoms with van der Waals surface area (Å²) in [6.45, 7) is 5.19. The second-order valence-electron chi connectivity index (χ2n) is 5.39. The fraction of sp³-hybridized carbons (Fsp3) is 0.750. The maximum atomic E-state index is 11.7. The molecule has 2 atom stereocenters. The van der Waals surface area contributed by atoms with E-state index in [1.165, 1.54) is 7.11 Å². The third-order valence-electron chi connectivity index (χ3n) is 2.76. The van der Waals surface area contributed by atoms with E-state index in [9.17, 15) is 14.4 Å². The van der Waals surface area contributed by atoms with Gasteiger partial charge >= 0.3 is 12.1 Å². The molecule has 0 spiro atoms. The Bertz CT molecular complexity index is 360. The lowest BCUT2D eigenvalue weighted by Gasteiger charge is -2.23. The van der Waals surface area contributed by atoms with Gasteiger partial charge in [-0.05, 0) is 27.2 Å². The number of aldehydes is 1. The van der Waals surface area contributed by atoms with Crippen molar-refractivity contribution in [2.45, 2.75) is 44.8 Å². The molecule has 0 bridgehead atoms. The summed E-state index contributed by atoms with van der Waals surface area (Å²) in [6, 6.07) is 0. The van der Waals surface area contributed by atoms with E-state index in [-0.39, 0.29) is 12.3 Å².